The van der Waals surface area contributed by atoms with Gasteiger partial charge < -0.3 is 4.98 Å². The average Bonchev–Trinajstić information content (AvgIpc) is 2.26. The van der Waals surface area contributed by atoms with Crippen LogP contribution in [0, 0.1) is 0 Å². The summed E-state index contributed by atoms with van der Waals surface area (Å²) in [6, 6.07) is 0. The summed E-state index contributed by atoms with van der Waals surface area (Å²) in [6.45, 7) is 4.47. The molecule has 0 bridgehead atoms. The van der Waals surface area contributed by atoms with Gasteiger partial charge in [0.05, 0.1) is 5.25 Å². The maximum atomic E-state index is 11.5. The van der Waals surface area contributed by atoms with E-state index in [1.54, 1.807) is 6.20 Å². The molecule has 0 radical (unpaired) electrons. The van der Waals surface area contributed by atoms with Gasteiger partial charge in [-0.3, -0.25) is 4.79 Å². The second kappa shape index (κ2) is 5.14. The van der Waals surface area contributed by atoms with E-state index in [1.807, 2.05) is 23.5 Å². The maximum absolute atomic E-state index is 11.5. The molecule has 3 atom stereocenters. The van der Waals surface area contributed by atoms with Crippen LogP contribution >= 0.6 is 39.5 Å². The summed E-state index contributed by atoms with van der Waals surface area (Å²) in [5.74, 6) is 1.81. The molecule has 16 heavy (non-hydrogen) atoms. The fourth-order valence-electron chi connectivity index (χ4n) is 1.48. The number of halogens is 1. The van der Waals surface area contributed by atoms with E-state index in [-0.39, 0.29) is 5.56 Å². The quantitative estimate of drug-likeness (QED) is 0.864. The zero-order valence-corrected chi connectivity index (χ0v) is 12.3. The highest BCUT2D eigenvalue weighted by molar-refractivity contribution is 9.10. The molecule has 1 N–H and O–H groups in total. The minimum Gasteiger partial charge on any atom is -0.309 e. The maximum Gasteiger partial charge on any atom is 0.265 e. The number of aromatic amines is 1. The lowest BCUT2D eigenvalue weighted by Crippen LogP contribution is -2.24. The van der Waals surface area contributed by atoms with Crippen LogP contribution in [-0.2, 0) is 0 Å². The summed E-state index contributed by atoms with van der Waals surface area (Å²) in [6.07, 6.45) is 1.59. The van der Waals surface area contributed by atoms with Crippen molar-refractivity contribution in [2.24, 2.45) is 0 Å². The van der Waals surface area contributed by atoms with E-state index in [1.165, 1.54) is 0 Å². The number of thioether (sulfide) groups is 2. The van der Waals surface area contributed by atoms with Crippen LogP contribution in [0.1, 0.15) is 24.9 Å². The number of hydrogen-bond donors (Lipinski definition) is 1. The first-order valence-electron chi connectivity index (χ1n) is 5.09. The molecule has 1 aliphatic heterocycles. The van der Waals surface area contributed by atoms with E-state index in [4.69, 9.17) is 0 Å². The first kappa shape index (κ1) is 12.5. The number of aromatic nitrogens is 2. The lowest BCUT2D eigenvalue weighted by molar-refractivity contribution is 0.850. The standard InChI is InChI=1S/C10H13BrN2OS2/c1-5-6(2)16-8(4-15-5)9-12-3-7(11)10(14)13-9/h3,5-6,8H,4H2,1-2H3,(H,12,13,14). The Labute approximate surface area is 111 Å². The first-order valence-corrected chi connectivity index (χ1v) is 7.88. The molecule has 3 unspecified atom stereocenters. The van der Waals surface area contributed by atoms with Crippen molar-refractivity contribution in [1.29, 1.82) is 0 Å². The SMILES string of the molecule is CC1SCC(c2ncc(Br)c(=O)[nH]2)SC1C. The number of H-pyrrole nitrogens is 1. The van der Waals surface area contributed by atoms with E-state index < -0.39 is 0 Å². The van der Waals surface area contributed by atoms with Gasteiger partial charge in [-0.1, -0.05) is 13.8 Å². The van der Waals surface area contributed by atoms with E-state index in [0.717, 1.165) is 11.6 Å². The van der Waals surface area contributed by atoms with Gasteiger partial charge in [0.1, 0.15) is 10.3 Å². The molecule has 2 heterocycles. The zero-order valence-electron chi connectivity index (χ0n) is 9.07. The summed E-state index contributed by atoms with van der Waals surface area (Å²) in [5.41, 5.74) is -0.0955. The fourth-order valence-corrected chi connectivity index (χ4v) is 4.56. The van der Waals surface area contributed by atoms with E-state index in [0.29, 0.717) is 20.2 Å². The molecule has 6 heteroatoms. The van der Waals surface area contributed by atoms with E-state index >= 15 is 0 Å². The van der Waals surface area contributed by atoms with Gasteiger partial charge in [-0.05, 0) is 15.9 Å². The zero-order chi connectivity index (χ0) is 11.7. The van der Waals surface area contributed by atoms with Crippen LogP contribution in [0.5, 0.6) is 0 Å². The topological polar surface area (TPSA) is 45.8 Å². The summed E-state index contributed by atoms with van der Waals surface area (Å²) < 4.78 is 0.492. The molecule has 0 amide bonds. The van der Waals surface area contributed by atoms with Gasteiger partial charge in [0.25, 0.3) is 5.56 Å². The van der Waals surface area contributed by atoms with Gasteiger partial charge in [0.2, 0.25) is 0 Å². The molecular formula is C10H13BrN2OS2. The third-order valence-electron chi connectivity index (χ3n) is 2.63. The smallest absolute Gasteiger partial charge is 0.265 e. The highest BCUT2D eigenvalue weighted by atomic mass is 79.9. The lowest BCUT2D eigenvalue weighted by Gasteiger charge is -2.30. The van der Waals surface area contributed by atoms with Gasteiger partial charge in [-0.2, -0.15) is 11.8 Å². The van der Waals surface area contributed by atoms with Crippen molar-refractivity contribution in [3.8, 4) is 0 Å². The monoisotopic (exact) mass is 320 g/mol. The second-order valence-electron chi connectivity index (χ2n) is 3.81. The van der Waals surface area contributed by atoms with Crippen molar-refractivity contribution in [1.82, 2.24) is 9.97 Å². The van der Waals surface area contributed by atoms with Crippen molar-refractivity contribution in [2.75, 3.05) is 5.75 Å². The van der Waals surface area contributed by atoms with Gasteiger partial charge in [0.15, 0.2) is 0 Å². The molecule has 88 valence electrons. The molecule has 1 saturated heterocycles. The van der Waals surface area contributed by atoms with Crippen molar-refractivity contribution in [3.63, 3.8) is 0 Å². The Balaban J connectivity index is 2.19. The Morgan fingerprint density at radius 1 is 1.50 bits per heavy atom. The Morgan fingerprint density at radius 3 is 2.88 bits per heavy atom. The van der Waals surface area contributed by atoms with Crippen LogP contribution in [0.3, 0.4) is 0 Å². The molecule has 1 fully saturated rings. The van der Waals surface area contributed by atoms with Gasteiger partial charge in [0, 0.05) is 22.4 Å². The summed E-state index contributed by atoms with van der Waals surface area (Å²) >= 11 is 6.99. The summed E-state index contributed by atoms with van der Waals surface area (Å²) in [5, 5.41) is 1.57. The highest BCUT2D eigenvalue weighted by Gasteiger charge is 2.28. The largest absolute Gasteiger partial charge is 0.309 e. The molecule has 1 aromatic rings. The molecule has 0 aliphatic carbocycles. The first-order chi connectivity index (χ1) is 7.58. The number of nitrogens with one attached hydrogen (secondary N) is 1. The molecule has 1 aromatic heterocycles. The molecular weight excluding hydrogens is 308 g/mol. The Kier molecular flexibility index (Phi) is 4.02. The minimum atomic E-state index is -0.0955. The van der Waals surface area contributed by atoms with Crippen LogP contribution in [0.25, 0.3) is 0 Å². The van der Waals surface area contributed by atoms with Crippen LogP contribution in [0.4, 0.5) is 0 Å². The number of rotatable bonds is 1. The molecule has 0 aromatic carbocycles. The Morgan fingerprint density at radius 2 is 2.25 bits per heavy atom. The third kappa shape index (κ3) is 2.65. The van der Waals surface area contributed by atoms with Crippen molar-refractivity contribution in [2.45, 2.75) is 29.6 Å². The van der Waals surface area contributed by atoms with Crippen molar-refractivity contribution >= 4 is 39.5 Å². The van der Waals surface area contributed by atoms with Crippen molar-refractivity contribution < 1.29 is 0 Å². The second-order valence-corrected chi connectivity index (χ2v) is 7.66. The van der Waals surface area contributed by atoms with E-state index in [2.05, 4.69) is 39.7 Å². The molecule has 0 saturated carbocycles. The summed E-state index contributed by atoms with van der Waals surface area (Å²) in [7, 11) is 0. The minimum absolute atomic E-state index is 0.0955. The van der Waals surface area contributed by atoms with Crippen molar-refractivity contribution in [3.05, 3.63) is 26.8 Å². The van der Waals surface area contributed by atoms with Crippen LogP contribution in [0.15, 0.2) is 15.5 Å². The molecule has 0 spiro atoms. The van der Waals surface area contributed by atoms with Crippen LogP contribution in [-0.4, -0.2) is 26.2 Å². The predicted molar refractivity (Wildman–Crippen MR) is 74.3 cm³/mol. The van der Waals surface area contributed by atoms with Gasteiger partial charge in [-0.25, -0.2) is 4.98 Å². The molecule has 1 aliphatic rings. The number of nitrogens with zero attached hydrogens (tertiary/aromatic N) is 1. The normalized spacial score (nSPS) is 30.3. The van der Waals surface area contributed by atoms with Crippen LogP contribution in [0.2, 0.25) is 0 Å². The molecule has 2 rings (SSSR count). The predicted octanol–water partition coefficient (Wildman–Crippen LogP) is 2.83. The van der Waals surface area contributed by atoms with E-state index in [9.17, 15) is 4.79 Å². The lowest BCUT2D eigenvalue weighted by atomic mass is 10.3. The average molecular weight is 321 g/mol. The molecule has 3 nitrogen and oxygen atoms in total. The summed E-state index contributed by atoms with van der Waals surface area (Å²) in [4.78, 5) is 18.6. The number of hydrogen-bond acceptors (Lipinski definition) is 4. The highest BCUT2D eigenvalue weighted by Crippen LogP contribution is 2.42. The fraction of sp³-hybridized carbons (Fsp3) is 0.600. The third-order valence-corrected chi connectivity index (χ3v) is 6.59. The Bertz CT molecular complexity index is 437. The van der Waals surface area contributed by atoms with Crippen LogP contribution < -0.4 is 5.56 Å². The Hall–Kier alpha value is 0.0600. The van der Waals surface area contributed by atoms with Gasteiger partial charge in [-0.15, -0.1) is 11.8 Å². The van der Waals surface area contributed by atoms with Gasteiger partial charge >= 0.3 is 0 Å².